The summed E-state index contributed by atoms with van der Waals surface area (Å²) in [4.78, 5) is 23.5. The maximum absolute atomic E-state index is 11.8. The van der Waals surface area contributed by atoms with Crippen LogP contribution in [0, 0.1) is 5.41 Å². The van der Waals surface area contributed by atoms with E-state index in [4.69, 9.17) is 9.47 Å². The zero-order valence-electron chi connectivity index (χ0n) is 14.6. The highest BCUT2D eigenvalue weighted by atomic mass is 16.6. The molecule has 0 amide bonds. The van der Waals surface area contributed by atoms with Gasteiger partial charge in [0.2, 0.25) is 0 Å². The third-order valence-electron chi connectivity index (χ3n) is 3.35. The Hall–Kier alpha value is -1.84. The van der Waals surface area contributed by atoms with Gasteiger partial charge in [-0.15, -0.1) is 0 Å². The summed E-state index contributed by atoms with van der Waals surface area (Å²) in [7, 11) is 0. The summed E-state index contributed by atoms with van der Waals surface area (Å²) in [6.07, 6.45) is 2.90. The van der Waals surface area contributed by atoms with Crippen molar-refractivity contribution in [2.45, 2.75) is 59.5 Å². The van der Waals surface area contributed by atoms with Crippen LogP contribution in [0.15, 0.2) is 30.3 Å². The molecule has 0 saturated heterocycles. The Kier molecular flexibility index (Phi) is 7.79. The van der Waals surface area contributed by atoms with Crippen LogP contribution in [0.5, 0.6) is 0 Å². The number of esters is 2. The molecule has 1 aromatic carbocycles. The second-order valence-electron chi connectivity index (χ2n) is 7.03. The molecule has 0 radical (unpaired) electrons. The zero-order valence-corrected chi connectivity index (χ0v) is 14.6. The summed E-state index contributed by atoms with van der Waals surface area (Å²) in [6.45, 7) is 8.37. The van der Waals surface area contributed by atoms with Gasteiger partial charge < -0.3 is 9.47 Å². The average molecular weight is 320 g/mol. The molecule has 0 bridgehead atoms. The van der Waals surface area contributed by atoms with E-state index in [2.05, 4.69) is 20.8 Å². The third-order valence-corrected chi connectivity index (χ3v) is 3.35. The molecule has 1 unspecified atom stereocenters. The minimum atomic E-state index is -0.433. The van der Waals surface area contributed by atoms with Gasteiger partial charge in [0.1, 0.15) is 12.7 Å². The van der Waals surface area contributed by atoms with Crippen LogP contribution >= 0.6 is 0 Å². The molecule has 1 aromatic rings. The van der Waals surface area contributed by atoms with Gasteiger partial charge in [0.05, 0.1) is 5.56 Å². The quantitative estimate of drug-likeness (QED) is 0.527. The summed E-state index contributed by atoms with van der Waals surface area (Å²) in [5.74, 6) is -0.638. The summed E-state index contributed by atoms with van der Waals surface area (Å²) in [6, 6.07) is 8.76. The van der Waals surface area contributed by atoms with Crippen LogP contribution in [-0.2, 0) is 14.3 Å². The lowest BCUT2D eigenvalue weighted by molar-refractivity contribution is -0.150. The van der Waals surface area contributed by atoms with Crippen molar-refractivity contribution < 1.29 is 19.1 Å². The normalized spacial score (nSPS) is 12.5. The maximum atomic E-state index is 11.8. The zero-order chi connectivity index (χ0) is 17.3. The molecule has 0 saturated carbocycles. The number of carbonyl (C=O) groups is 2. The predicted octanol–water partition coefficient (Wildman–Crippen LogP) is 4.38. The summed E-state index contributed by atoms with van der Waals surface area (Å²) >= 11 is 0. The van der Waals surface area contributed by atoms with Gasteiger partial charge in [0.25, 0.3) is 0 Å². The van der Waals surface area contributed by atoms with Crippen molar-refractivity contribution in [3.05, 3.63) is 35.9 Å². The predicted molar refractivity (Wildman–Crippen MR) is 90.2 cm³/mol. The maximum Gasteiger partial charge on any atom is 0.338 e. The lowest BCUT2D eigenvalue weighted by Crippen LogP contribution is -2.22. The van der Waals surface area contributed by atoms with Crippen molar-refractivity contribution in [2.75, 3.05) is 6.61 Å². The fraction of sp³-hybridized carbons (Fsp3) is 0.579. The molecule has 0 heterocycles. The smallest absolute Gasteiger partial charge is 0.338 e. The molecule has 128 valence electrons. The number of hydrogen-bond acceptors (Lipinski definition) is 4. The summed E-state index contributed by atoms with van der Waals surface area (Å²) < 4.78 is 10.4. The minimum Gasteiger partial charge on any atom is -0.459 e. The fourth-order valence-electron chi connectivity index (χ4n) is 2.09. The average Bonchev–Trinajstić information content (AvgIpc) is 2.49. The highest BCUT2D eigenvalue weighted by molar-refractivity contribution is 5.89. The monoisotopic (exact) mass is 320 g/mol. The lowest BCUT2D eigenvalue weighted by atomic mass is 9.89. The Morgan fingerprint density at radius 1 is 1.09 bits per heavy atom. The number of benzene rings is 1. The molecule has 4 nitrogen and oxygen atoms in total. The number of ether oxygens (including phenoxy) is 2. The second-order valence-corrected chi connectivity index (χ2v) is 7.03. The van der Waals surface area contributed by atoms with Crippen LogP contribution in [0.3, 0.4) is 0 Å². The third kappa shape index (κ3) is 9.01. The van der Waals surface area contributed by atoms with Gasteiger partial charge in [-0.05, 0) is 37.3 Å². The van der Waals surface area contributed by atoms with E-state index in [0.717, 1.165) is 19.3 Å². The molecule has 0 N–H and O–H groups in total. The van der Waals surface area contributed by atoms with Gasteiger partial charge in [-0.25, -0.2) is 4.79 Å². The molecule has 23 heavy (non-hydrogen) atoms. The van der Waals surface area contributed by atoms with Gasteiger partial charge in [-0.1, -0.05) is 45.4 Å². The van der Waals surface area contributed by atoms with E-state index < -0.39 is 12.1 Å². The van der Waals surface area contributed by atoms with Crippen molar-refractivity contribution in [2.24, 2.45) is 5.41 Å². The van der Waals surface area contributed by atoms with Crippen molar-refractivity contribution in [3.8, 4) is 0 Å². The Morgan fingerprint density at radius 2 is 1.74 bits per heavy atom. The van der Waals surface area contributed by atoms with E-state index in [0.29, 0.717) is 17.4 Å². The Balaban J connectivity index is 2.19. The van der Waals surface area contributed by atoms with Crippen LogP contribution in [-0.4, -0.2) is 24.6 Å². The molecule has 0 spiro atoms. The van der Waals surface area contributed by atoms with E-state index in [-0.39, 0.29) is 12.6 Å². The fourth-order valence-corrected chi connectivity index (χ4v) is 2.09. The van der Waals surface area contributed by atoms with Crippen LogP contribution in [0.4, 0.5) is 0 Å². The molecular weight excluding hydrogens is 292 g/mol. The standard InChI is InChI=1S/C19H28O4/c1-15(14-22-18(21)16-10-6-5-7-11-16)23-17(20)12-8-9-13-19(2,3)4/h5-7,10-11,15H,8-9,12-14H2,1-4H3. The van der Waals surface area contributed by atoms with Gasteiger partial charge in [0, 0.05) is 6.42 Å². The highest BCUT2D eigenvalue weighted by Gasteiger charge is 2.14. The van der Waals surface area contributed by atoms with Gasteiger partial charge in [-0.2, -0.15) is 0 Å². The largest absolute Gasteiger partial charge is 0.459 e. The molecule has 0 aromatic heterocycles. The van der Waals surface area contributed by atoms with E-state index in [1.54, 1.807) is 31.2 Å². The summed E-state index contributed by atoms with van der Waals surface area (Å²) in [5.41, 5.74) is 0.788. The highest BCUT2D eigenvalue weighted by Crippen LogP contribution is 2.22. The van der Waals surface area contributed by atoms with Gasteiger partial charge in [0.15, 0.2) is 0 Å². The number of unbranched alkanes of at least 4 members (excludes halogenated alkanes) is 1. The Morgan fingerprint density at radius 3 is 2.35 bits per heavy atom. The minimum absolute atomic E-state index is 0.0709. The lowest BCUT2D eigenvalue weighted by Gasteiger charge is -2.17. The number of carbonyl (C=O) groups excluding carboxylic acids is 2. The van der Waals surface area contributed by atoms with Crippen LogP contribution in [0.1, 0.15) is 63.7 Å². The van der Waals surface area contributed by atoms with Crippen molar-refractivity contribution >= 4 is 11.9 Å². The van der Waals surface area contributed by atoms with E-state index in [1.165, 1.54) is 0 Å². The first-order valence-electron chi connectivity index (χ1n) is 8.19. The molecule has 0 fully saturated rings. The van der Waals surface area contributed by atoms with Crippen molar-refractivity contribution in [3.63, 3.8) is 0 Å². The number of rotatable bonds is 8. The Bertz CT molecular complexity index is 488. The molecule has 0 aliphatic heterocycles. The van der Waals surface area contributed by atoms with Crippen LogP contribution in [0.2, 0.25) is 0 Å². The first-order chi connectivity index (χ1) is 10.8. The van der Waals surface area contributed by atoms with E-state index in [9.17, 15) is 9.59 Å². The van der Waals surface area contributed by atoms with Crippen LogP contribution in [0.25, 0.3) is 0 Å². The van der Waals surface area contributed by atoms with E-state index in [1.807, 2.05) is 6.07 Å². The number of hydrogen-bond donors (Lipinski definition) is 0. The molecule has 1 rings (SSSR count). The first-order valence-corrected chi connectivity index (χ1v) is 8.19. The molecule has 1 atom stereocenters. The molecule has 4 heteroatoms. The van der Waals surface area contributed by atoms with Crippen LogP contribution < -0.4 is 0 Å². The SMILES string of the molecule is CC(COC(=O)c1ccccc1)OC(=O)CCCCC(C)(C)C. The molecule has 0 aliphatic rings. The summed E-state index contributed by atoms with van der Waals surface area (Å²) in [5, 5.41) is 0. The first kappa shape index (κ1) is 19.2. The van der Waals surface area contributed by atoms with E-state index >= 15 is 0 Å². The topological polar surface area (TPSA) is 52.6 Å². The molecular formula is C19H28O4. The van der Waals surface area contributed by atoms with Gasteiger partial charge in [-0.3, -0.25) is 4.79 Å². The molecule has 0 aliphatic carbocycles. The van der Waals surface area contributed by atoms with Gasteiger partial charge >= 0.3 is 11.9 Å². The Labute approximate surface area is 139 Å². The van der Waals surface area contributed by atoms with Crippen molar-refractivity contribution in [1.29, 1.82) is 0 Å². The second kappa shape index (κ2) is 9.33. The van der Waals surface area contributed by atoms with Crippen molar-refractivity contribution in [1.82, 2.24) is 0 Å².